The summed E-state index contributed by atoms with van der Waals surface area (Å²) in [7, 11) is 0. The van der Waals surface area contributed by atoms with E-state index in [-0.39, 0.29) is 17.3 Å². The number of carboxylic acid groups (broad SMARTS) is 1. The maximum Gasteiger partial charge on any atom is 0.408 e. The van der Waals surface area contributed by atoms with Crippen LogP contribution in [0, 0.1) is 10.1 Å². The smallest absolute Gasteiger partial charge is 0.408 e. The second kappa shape index (κ2) is 4.49. The highest BCUT2D eigenvalue weighted by Crippen LogP contribution is 2.22. The highest BCUT2D eigenvalue weighted by Gasteiger charge is 2.21. The molecular weight excluding hydrogens is 266 g/mol. The van der Waals surface area contributed by atoms with Gasteiger partial charge in [-0.3, -0.25) is 0 Å². The average Bonchev–Trinajstić information content (AvgIpc) is 2.85. The molecule has 2 aromatic heterocycles. The minimum absolute atomic E-state index is 0.0195. The molecule has 9 heteroatoms. The minimum Gasteiger partial charge on any atom is -0.475 e. The summed E-state index contributed by atoms with van der Waals surface area (Å²) >= 11 is 5.62. The number of hydrogen-bond donors (Lipinski definition) is 1. The van der Waals surface area contributed by atoms with Gasteiger partial charge in [-0.1, -0.05) is 11.6 Å². The van der Waals surface area contributed by atoms with E-state index in [1.54, 1.807) is 0 Å². The van der Waals surface area contributed by atoms with Crippen molar-refractivity contribution in [2.45, 2.75) is 6.54 Å². The Kier molecular flexibility index (Phi) is 3.02. The third kappa shape index (κ3) is 2.18. The van der Waals surface area contributed by atoms with Crippen LogP contribution in [-0.2, 0) is 6.54 Å². The van der Waals surface area contributed by atoms with Gasteiger partial charge in [0.2, 0.25) is 5.76 Å². The maximum absolute atomic E-state index is 10.8. The van der Waals surface area contributed by atoms with Gasteiger partial charge in [0.25, 0.3) is 0 Å². The van der Waals surface area contributed by atoms with Crippen molar-refractivity contribution in [3.63, 3.8) is 0 Å². The molecule has 18 heavy (non-hydrogen) atoms. The van der Waals surface area contributed by atoms with Gasteiger partial charge < -0.3 is 19.6 Å². The zero-order chi connectivity index (χ0) is 13.3. The predicted molar refractivity (Wildman–Crippen MR) is 58.7 cm³/mol. The van der Waals surface area contributed by atoms with Crippen molar-refractivity contribution in [3.05, 3.63) is 45.0 Å². The van der Waals surface area contributed by atoms with E-state index < -0.39 is 16.7 Å². The van der Waals surface area contributed by atoms with Gasteiger partial charge in [0.15, 0.2) is 5.02 Å². The second-order valence-corrected chi connectivity index (χ2v) is 3.74. The van der Waals surface area contributed by atoms with Crippen molar-refractivity contribution in [1.82, 2.24) is 9.78 Å². The van der Waals surface area contributed by atoms with E-state index in [0.717, 1.165) is 0 Å². The molecule has 0 amide bonds. The fraction of sp³-hybridized carbons (Fsp3) is 0.111. The Morgan fingerprint density at radius 2 is 2.39 bits per heavy atom. The molecule has 0 spiro atoms. The molecule has 0 saturated heterocycles. The van der Waals surface area contributed by atoms with E-state index >= 15 is 0 Å². The summed E-state index contributed by atoms with van der Waals surface area (Å²) < 4.78 is 5.95. The molecular formula is C9H6ClN3O5. The summed E-state index contributed by atoms with van der Waals surface area (Å²) in [5, 5.41) is 22.9. The Morgan fingerprint density at radius 3 is 2.94 bits per heavy atom. The SMILES string of the molecule is O=C(O)c1occc1Cn1cc(Cl)c([N+](=O)[O-])n1. The molecule has 2 aromatic rings. The molecule has 0 aliphatic rings. The third-order valence-corrected chi connectivity index (χ3v) is 2.41. The summed E-state index contributed by atoms with van der Waals surface area (Å²) in [6.45, 7) is 0.0195. The van der Waals surface area contributed by atoms with E-state index in [1.165, 1.54) is 23.2 Å². The lowest BCUT2D eigenvalue weighted by atomic mass is 10.2. The molecule has 0 aliphatic heterocycles. The van der Waals surface area contributed by atoms with Gasteiger partial charge in [-0.05, 0) is 11.0 Å². The highest BCUT2D eigenvalue weighted by molar-refractivity contribution is 6.32. The monoisotopic (exact) mass is 271 g/mol. The van der Waals surface area contributed by atoms with Crippen LogP contribution < -0.4 is 0 Å². The lowest BCUT2D eigenvalue weighted by molar-refractivity contribution is -0.389. The minimum atomic E-state index is -1.22. The Labute approximate surface area is 105 Å². The molecule has 2 heterocycles. The van der Waals surface area contributed by atoms with Crippen LogP contribution >= 0.6 is 11.6 Å². The first-order chi connectivity index (χ1) is 8.49. The Balaban J connectivity index is 2.29. The number of nitro groups is 1. The van der Waals surface area contributed by atoms with Crippen LogP contribution in [0.4, 0.5) is 5.82 Å². The number of nitrogens with zero attached hydrogens (tertiary/aromatic N) is 3. The molecule has 8 nitrogen and oxygen atoms in total. The zero-order valence-electron chi connectivity index (χ0n) is 8.74. The van der Waals surface area contributed by atoms with E-state index in [9.17, 15) is 14.9 Å². The van der Waals surface area contributed by atoms with Crippen LogP contribution in [0.2, 0.25) is 5.02 Å². The largest absolute Gasteiger partial charge is 0.475 e. The van der Waals surface area contributed by atoms with Crippen LogP contribution in [-0.4, -0.2) is 25.8 Å². The molecule has 0 radical (unpaired) electrons. The highest BCUT2D eigenvalue weighted by atomic mass is 35.5. The maximum atomic E-state index is 10.8. The van der Waals surface area contributed by atoms with E-state index in [1.807, 2.05) is 0 Å². The number of carboxylic acids is 1. The third-order valence-electron chi connectivity index (χ3n) is 2.15. The molecule has 0 aromatic carbocycles. The van der Waals surface area contributed by atoms with Crippen LogP contribution in [0.25, 0.3) is 0 Å². The predicted octanol–water partition coefficient (Wildman–Crippen LogP) is 1.78. The van der Waals surface area contributed by atoms with Crippen molar-refractivity contribution < 1.29 is 19.2 Å². The van der Waals surface area contributed by atoms with E-state index in [4.69, 9.17) is 21.1 Å². The van der Waals surface area contributed by atoms with Gasteiger partial charge in [0, 0.05) is 5.56 Å². The fourth-order valence-electron chi connectivity index (χ4n) is 1.41. The number of rotatable bonds is 4. The molecule has 0 bridgehead atoms. The summed E-state index contributed by atoms with van der Waals surface area (Å²) in [5.41, 5.74) is 0.344. The molecule has 94 valence electrons. The molecule has 1 N–H and O–H groups in total. The van der Waals surface area contributed by atoms with Crippen LogP contribution in [0.15, 0.2) is 22.9 Å². The first-order valence-corrected chi connectivity index (χ1v) is 5.04. The lowest BCUT2D eigenvalue weighted by Crippen LogP contribution is -2.05. The quantitative estimate of drug-likeness (QED) is 0.670. The van der Waals surface area contributed by atoms with E-state index in [0.29, 0.717) is 5.56 Å². The first kappa shape index (κ1) is 12.1. The Bertz CT molecular complexity index is 618. The summed E-state index contributed by atoms with van der Waals surface area (Å²) in [4.78, 5) is 20.6. The van der Waals surface area contributed by atoms with Gasteiger partial charge in [0.1, 0.15) is 0 Å². The first-order valence-electron chi connectivity index (χ1n) is 4.66. The van der Waals surface area contributed by atoms with Gasteiger partial charge in [-0.25, -0.2) is 4.79 Å². The van der Waals surface area contributed by atoms with Crippen LogP contribution in [0.5, 0.6) is 0 Å². The van der Waals surface area contributed by atoms with Crippen LogP contribution in [0.1, 0.15) is 16.1 Å². The number of hydrogen-bond acceptors (Lipinski definition) is 5. The molecule has 0 atom stereocenters. The second-order valence-electron chi connectivity index (χ2n) is 3.34. The van der Waals surface area contributed by atoms with Gasteiger partial charge >= 0.3 is 11.8 Å². The van der Waals surface area contributed by atoms with Crippen molar-refractivity contribution in [2.75, 3.05) is 0 Å². The zero-order valence-corrected chi connectivity index (χ0v) is 9.49. The molecule has 0 fully saturated rings. The Hall–Kier alpha value is -2.35. The molecule has 0 unspecified atom stereocenters. The number of aromatic nitrogens is 2. The number of halogens is 1. The number of aromatic carboxylic acids is 1. The molecule has 2 rings (SSSR count). The van der Waals surface area contributed by atoms with Crippen molar-refractivity contribution in [2.24, 2.45) is 0 Å². The normalized spacial score (nSPS) is 10.5. The summed E-state index contributed by atoms with van der Waals surface area (Å²) in [6, 6.07) is 1.45. The lowest BCUT2D eigenvalue weighted by Gasteiger charge is -1.95. The Morgan fingerprint density at radius 1 is 1.67 bits per heavy atom. The summed E-state index contributed by atoms with van der Waals surface area (Å²) in [6.07, 6.45) is 2.47. The average molecular weight is 272 g/mol. The molecule has 0 aliphatic carbocycles. The van der Waals surface area contributed by atoms with Gasteiger partial charge in [-0.2, -0.15) is 4.68 Å². The molecule has 0 saturated carbocycles. The van der Waals surface area contributed by atoms with Gasteiger partial charge in [0.05, 0.1) is 24.1 Å². The standard InChI is InChI=1S/C9H6ClN3O5/c10-6-4-12(11-8(6)13(16)17)3-5-1-2-18-7(5)9(14)15/h1-2,4H,3H2,(H,14,15). The summed E-state index contributed by atoms with van der Waals surface area (Å²) in [5.74, 6) is -1.93. The van der Waals surface area contributed by atoms with Crippen molar-refractivity contribution in [1.29, 1.82) is 0 Å². The van der Waals surface area contributed by atoms with Crippen LogP contribution in [0.3, 0.4) is 0 Å². The van der Waals surface area contributed by atoms with Gasteiger partial charge in [-0.15, -0.1) is 0 Å². The fourth-order valence-corrected chi connectivity index (χ4v) is 1.63. The topological polar surface area (TPSA) is 111 Å². The van der Waals surface area contributed by atoms with Crippen molar-refractivity contribution in [3.8, 4) is 0 Å². The number of carbonyl (C=O) groups is 1. The number of furan rings is 1. The van der Waals surface area contributed by atoms with E-state index in [2.05, 4.69) is 5.10 Å². The van der Waals surface area contributed by atoms with Crippen molar-refractivity contribution >= 4 is 23.4 Å².